The lowest BCUT2D eigenvalue weighted by molar-refractivity contribution is 0.425. The fourth-order valence-electron chi connectivity index (χ4n) is 1.84. The Morgan fingerprint density at radius 2 is 1.80 bits per heavy atom. The Kier molecular flexibility index (Phi) is 4.17. The molecule has 2 aromatic carbocycles. The average molecular weight is 312 g/mol. The minimum absolute atomic E-state index is 0.107. The van der Waals surface area contributed by atoms with Crippen LogP contribution in [0.5, 0.6) is 0 Å². The molecule has 0 unspecified atom stereocenters. The fourth-order valence-corrected chi connectivity index (χ4v) is 2.77. The molecule has 0 saturated carbocycles. The summed E-state index contributed by atoms with van der Waals surface area (Å²) in [6.45, 7) is 0. The van der Waals surface area contributed by atoms with Crippen molar-refractivity contribution < 1.29 is 18.5 Å². The van der Waals surface area contributed by atoms with E-state index in [0.717, 1.165) is 0 Å². The Labute approximate surface area is 121 Å². The Balaban J connectivity index is 2.73. The summed E-state index contributed by atoms with van der Waals surface area (Å²) < 4.78 is 23.2. The van der Waals surface area contributed by atoms with Crippen LogP contribution in [0.2, 0.25) is 5.02 Å². The molecule has 20 heavy (non-hydrogen) atoms. The van der Waals surface area contributed by atoms with Crippen molar-refractivity contribution in [3.8, 4) is 11.1 Å². The number of benzene rings is 2. The predicted octanol–water partition coefficient (Wildman–Crippen LogP) is 0.334. The minimum Gasteiger partial charge on any atom is -0.423 e. The first-order valence-electron chi connectivity index (χ1n) is 5.58. The molecule has 0 atom stereocenters. The van der Waals surface area contributed by atoms with E-state index >= 15 is 0 Å². The van der Waals surface area contributed by atoms with Gasteiger partial charge in [0.1, 0.15) is 0 Å². The summed E-state index contributed by atoms with van der Waals surface area (Å²) >= 11 is 5.88. The third-order valence-electron chi connectivity index (χ3n) is 2.74. The van der Waals surface area contributed by atoms with E-state index in [1.54, 1.807) is 24.3 Å². The van der Waals surface area contributed by atoms with Crippen LogP contribution in [0.15, 0.2) is 47.4 Å². The van der Waals surface area contributed by atoms with E-state index in [2.05, 4.69) is 0 Å². The van der Waals surface area contributed by atoms with E-state index in [0.29, 0.717) is 10.6 Å². The highest BCUT2D eigenvalue weighted by molar-refractivity contribution is 7.89. The first-order chi connectivity index (χ1) is 9.29. The zero-order valence-electron chi connectivity index (χ0n) is 10.2. The van der Waals surface area contributed by atoms with Crippen molar-refractivity contribution in [1.29, 1.82) is 0 Å². The maximum absolute atomic E-state index is 11.6. The number of sulfonamides is 1. The van der Waals surface area contributed by atoms with Crippen LogP contribution in [0.1, 0.15) is 0 Å². The zero-order chi connectivity index (χ0) is 14.9. The van der Waals surface area contributed by atoms with E-state index < -0.39 is 17.1 Å². The summed E-state index contributed by atoms with van der Waals surface area (Å²) in [5.74, 6) is 0. The highest BCUT2D eigenvalue weighted by Crippen LogP contribution is 2.27. The van der Waals surface area contributed by atoms with Crippen molar-refractivity contribution in [2.75, 3.05) is 0 Å². The van der Waals surface area contributed by atoms with Crippen LogP contribution in [0.3, 0.4) is 0 Å². The van der Waals surface area contributed by atoms with Crippen molar-refractivity contribution >= 4 is 34.2 Å². The largest absolute Gasteiger partial charge is 0.488 e. The maximum Gasteiger partial charge on any atom is 0.488 e. The molecule has 8 heteroatoms. The van der Waals surface area contributed by atoms with Gasteiger partial charge in [-0.2, -0.15) is 0 Å². The van der Waals surface area contributed by atoms with Gasteiger partial charge in [-0.25, -0.2) is 13.6 Å². The summed E-state index contributed by atoms with van der Waals surface area (Å²) in [7, 11) is -5.65. The normalized spacial score (nSPS) is 11.4. The van der Waals surface area contributed by atoms with Gasteiger partial charge < -0.3 is 10.0 Å². The molecule has 0 spiro atoms. The molecule has 2 aromatic rings. The van der Waals surface area contributed by atoms with Gasteiger partial charge in [0.05, 0.1) is 4.90 Å². The molecule has 0 amide bonds. The maximum atomic E-state index is 11.6. The monoisotopic (exact) mass is 311 g/mol. The van der Waals surface area contributed by atoms with Crippen LogP contribution in [-0.2, 0) is 10.0 Å². The van der Waals surface area contributed by atoms with Crippen LogP contribution >= 0.6 is 11.6 Å². The molecular formula is C12H11BClNO4S. The topological polar surface area (TPSA) is 101 Å². The molecule has 0 radical (unpaired) electrons. The second-order valence-electron chi connectivity index (χ2n) is 4.18. The number of rotatable bonds is 3. The Bertz CT molecular complexity index is 749. The molecule has 0 aromatic heterocycles. The van der Waals surface area contributed by atoms with Gasteiger partial charge >= 0.3 is 7.12 Å². The summed E-state index contributed by atoms with van der Waals surface area (Å²) in [4.78, 5) is -0.107. The minimum atomic E-state index is -3.94. The summed E-state index contributed by atoms with van der Waals surface area (Å²) in [6, 6.07) is 10.4. The second kappa shape index (κ2) is 5.55. The third-order valence-corrected chi connectivity index (χ3v) is 3.95. The summed E-state index contributed by atoms with van der Waals surface area (Å²) in [5, 5.41) is 24.0. The highest BCUT2D eigenvalue weighted by atomic mass is 35.5. The molecule has 0 heterocycles. The van der Waals surface area contributed by atoms with Gasteiger partial charge in [0.25, 0.3) is 0 Å². The molecular weight excluding hydrogens is 300 g/mol. The van der Waals surface area contributed by atoms with Gasteiger partial charge in [0.15, 0.2) is 0 Å². The van der Waals surface area contributed by atoms with Gasteiger partial charge in [-0.1, -0.05) is 35.9 Å². The van der Waals surface area contributed by atoms with Crippen LogP contribution in [0.4, 0.5) is 0 Å². The Morgan fingerprint density at radius 3 is 2.35 bits per heavy atom. The average Bonchev–Trinajstić information content (AvgIpc) is 2.37. The molecule has 2 rings (SSSR count). The molecule has 0 aliphatic carbocycles. The molecule has 104 valence electrons. The Morgan fingerprint density at radius 1 is 1.10 bits per heavy atom. The molecule has 0 aliphatic rings. The lowest BCUT2D eigenvalue weighted by Gasteiger charge is -2.11. The number of halogens is 1. The van der Waals surface area contributed by atoms with Crippen molar-refractivity contribution in [3.05, 3.63) is 47.5 Å². The molecule has 0 bridgehead atoms. The number of hydrogen-bond donors (Lipinski definition) is 3. The third kappa shape index (κ3) is 3.20. The van der Waals surface area contributed by atoms with Gasteiger partial charge in [-0.3, -0.25) is 0 Å². The molecule has 0 fully saturated rings. The first kappa shape index (κ1) is 15.0. The van der Waals surface area contributed by atoms with Crippen LogP contribution in [-0.4, -0.2) is 25.6 Å². The SMILES string of the molecule is NS(=O)(=O)c1ccc(B(O)O)cc1-c1cccc(Cl)c1. The molecule has 5 nitrogen and oxygen atoms in total. The quantitative estimate of drug-likeness (QED) is 0.711. The van der Waals surface area contributed by atoms with E-state index in [-0.39, 0.29) is 15.9 Å². The van der Waals surface area contributed by atoms with Crippen molar-refractivity contribution in [3.63, 3.8) is 0 Å². The van der Waals surface area contributed by atoms with Crippen LogP contribution in [0.25, 0.3) is 11.1 Å². The number of primary sulfonamides is 1. The van der Waals surface area contributed by atoms with E-state index in [4.69, 9.17) is 16.7 Å². The summed E-state index contributed by atoms with van der Waals surface area (Å²) in [6.07, 6.45) is 0. The molecule has 0 aliphatic heterocycles. The summed E-state index contributed by atoms with van der Waals surface area (Å²) in [5.41, 5.74) is 0.942. The fraction of sp³-hybridized carbons (Fsp3) is 0. The van der Waals surface area contributed by atoms with Gasteiger partial charge in [0, 0.05) is 10.6 Å². The number of nitrogens with two attached hydrogens (primary N) is 1. The highest BCUT2D eigenvalue weighted by Gasteiger charge is 2.19. The number of hydrogen-bond acceptors (Lipinski definition) is 4. The van der Waals surface area contributed by atoms with Crippen molar-refractivity contribution in [2.24, 2.45) is 5.14 Å². The zero-order valence-corrected chi connectivity index (χ0v) is 11.8. The van der Waals surface area contributed by atoms with Gasteiger partial charge in [-0.15, -0.1) is 0 Å². The predicted molar refractivity (Wildman–Crippen MR) is 78.1 cm³/mol. The molecule has 4 N–H and O–H groups in total. The van der Waals surface area contributed by atoms with Gasteiger partial charge in [0.2, 0.25) is 10.0 Å². The second-order valence-corrected chi connectivity index (χ2v) is 6.15. The van der Waals surface area contributed by atoms with E-state index in [1.807, 2.05) is 0 Å². The van der Waals surface area contributed by atoms with Gasteiger partial charge in [-0.05, 0) is 29.2 Å². The smallest absolute Gasteiger partial charge is 0.423 e. The van der Waals surface area contributed by atoms with Crippen molar-refractivity contribution in [1.82, 2.24) is 0 Å². The first-order valence-corrected chi connectivity index (χ1v) is 7.50. The van der Waals surface area contributed by atoms with Crippen LogP contribution < -0.4 is 10.6 Å². The molecule has 0 saturated heterocycles. The van der Waals surface area contributed by atoms with E-state index in [1.165, 1.54) is 18.2 Å². The standard InChI is InChI=1S/C12H11BClNO4S/c14-10-3-1-2-8(6-10)11-7-9(13(16)17)4-5-12(11)20(15,18)19/h1-7,16-17H,(H2,15,18,19). The lowest BCUT2D eigenvalue weighted by atomic mass is 9.79. The van der Waals surface area contributed by atoms with Crippen molar-refractivity contribution in [2.45, 2.75) is 4.90 Å². The van der Waals surface area contributed by atoms with E-state index in [9.17, 15) is 18.5 Å². The van der Waals surface area contributed by atoms with Crippen LogP contribution in [0, 0.1) is 0 Å². The Hall–Kier alpha value is -1.38. The lowest BCUT2D eigenvalue weighted by Crippen LogP contribution is -2.30.